The maximum absolute atomic E-state index is 12.0. The third kappa shape index (κ3) is 2.56. The Labute approximate surface area is 96.5 Å². The number of rotatable bonds is 4. The predicted molar refractivity (Wildman–Crippen MR) is 65.5 cm³/mol. The zero-order chi connectivity index (χ0) is 11.6. The molecule has 1 aliphatic rings. The molecule has 1 saturated heterocycles. The molecule has 0 radical (unpaired) electrons. The van der Waals surface area contributed by atoms with Gasteiger partial charge in [0.05, 0.1) is 6.04 Å². The van der Waals surface area contributed by atoms with Gasteiger partial charge in [-0.1, -0.05) is 19.9 Å². The fraction of sp³-hybridized carbons (Fsp3) is 0.636. The first-order valence-corrected chi connectivity index (χ1v) is 5.64. The van der Waals surface area contributed by atoms with Gasteiger partial charge in [0.25, 0.3) is 5.91 Å². The predicted octanol–water partition coefficient (Wildman–Crippen LogP) is 1.69. The van der Waals surface area contributed by atoms with Crippen LogP contribution in [-0.2, 0) is 4.79 Å². The molecule has 0 aromatic heterocycles. The number of nitrogens with zero attached hydrogens (tertiary/aromatic N) is 1. The first-order valence-electron chi connectivity index (χ1n) is 5.23. The second kappa shape index (κ2) is 4.75. The molecule has 84 valence electrons. The lowest BCUT2D eigenvalue weighted by Crippen LogP contribution is -2.37. The molecule has 0 spiro atoms. The van der Waals surface area contributed by atoms with E-state index in [1.54, 1.807) is 11.0 Å². The van der Waals surface area contributed by atoms with Crippen LogP contribution >= 0.6 is 12.2 Å². The van der Waals surface area contributed by atoms with Gasteiger partial charge in [-0.2, -0.15) is 0 Å². The fourth-order valence-corrected chi connectivity index (χ4v) is 2.07. The van der Waals surface area contributed by atoms with Gasteiger partial charge in [-0.05, 0) is 31.5 Å². The van der Waals surface area contributed by atoms with E-state index in [0.717, 1.165) is 6.42 Å². The Balaban J connectivity index is 2.74. The molecule has 4 heteroatoms. The molecule has 2 atom stereocenters. The SMILES string of the molecule is C=CC(C)N1C(=O)C(CC(C)C)NC1=S. The molecule has 0 bridgehead atoms. The van der Waals surface area contributed by atoms with Gasteiger partial charge in [-0.3, -0.25) is 9.69 Å². The number of carbonyl (C=O) groups excluding carboxylic acids is 1. The van der Waals surface area contributed by atoms with Crippen LogP contribution in [0.1, 0.15) is 27.2 Å². The Morgan fingerprint density at radius 2 is 2.20 bits per heavy atom. The molecule has 0 saturated carbocycles. The van der Waals surface area contributed by atoms with Gasteiger partial charge in [0, 0.05) is 0 Å². The van der Waals surface area contributed by atoms with Gasteiger partial charge >= 0.3 is 0 Å². The van der Waals surface area contributed by atoms with Crippen LogP contribution in [0, 0.1) is 5.92 Å². The summed E-state index contributed by atoms with van der Waals surface area (Å²) in [5.41, 5.74) is 0. The maximum Gasteiger partial charge on any atom is 0.251 e. The van der Waals surface area contributed by atoms with Gasteiger partial charge in [0.15, 0.2) is 5.11 Å². The Morgan fingerprint density at radius 1 is 1.60 bits per heavy atom. The van der Waals surface area contributed by atoms with Crippen molar-refractivity contribution < 1.29 is 4.79 Å². The van der Waals surface area contributed by atoms with Crippen LogP contribution in [0.25, 0.3) is 0 Å². The minimum Gasteiger partial charge on any atom is -0.350 e. The topological polar surface area (TPSA) is 32.3 Å². The highest BCUT2D eigenvalue weighted by Gasteiger charge is 2.37. The maximum atomic E-state index is 12.0. The highest BCUT2D eigenvalue weighted by molar-refractivity contribution is 7.80. The molecule has 0 aromatic rings. The fourth-order valence-electron chi connectivity index (χ4n) is 1.67. The minimum atomic E-state index is -0.153. The summed E-state index contributed by atoms with van der Waals surface area (Å²) < 4.78 is 0. The summed E-state index contributed by atoms with van der Waals surface area (Å²) >= 11 is 5.14. The van der Waals surface area contributed by atoms with Crippen molar-refractivity contribution in [2.45, 2.75) is 39.3 Å². The zero-order valence-electron chi connectivity index (χ0n) is 9.49. The first-order chi connectivity index (χ1) is 6.97. The molecule has 1 fully saturated rings. The van der Waals surface area contributed by atoms with E-state index >= 15 is 0 Å². The standard InChI is InChI=1S/C11H18N2OS/c1-5-8(4)13-10(14)9(6-7(2)3)12-11(13)15/h5,7-9H,1,6H2,2-4H3,(H,12,15). The monoisotopic (exact) mass is 226 g/mol. The van der Waals surface area contributed by atoms with Crippen LogP contribution in [0.4, 0.5) is 0 Å². The van der Waals surface area contributed by atoms with Crippen molar-refractivity contribution in [2.75, 3.05) is 0 Å². The summed E-state index contributed by atoms with van der Waals surface area (Å²) in [6, 6.07) is -0.186. The molecular formula is C11H18N2OS. The number of carbonyl (C=O) groups is 1. The van der Waals surface area contributed by atoms with Crippen molar-refractivity contribution in [3.05, 3.63) is 12.7 Å². The molecular weight excluding hydrogens is 208 g/mol. The summed E-state index contributed by atoms with van der Waals surface area (Å²) in [6.45, 7) is 9.78. The average molecular weight is 226 g/mol. The molecule has 1 heterocycles. The van der Waals surface area contributed by atoms with Crippen molar-refractivity contribution in [3.63, 3.8) is 0 Å². The number of hydrogen-bond acceptors (Lipinski definition) is 2. The van der Waals surface area contributed by atoms with Crippen molar-refractivity contribution >= 4 is 23.2 Å². The zero-order valence-corrected chi connectivity index (χ0v) is 10.3. The van der Waals surface area contributed by atoms with Crippen LogP contribution < -0.4 is 5.32 Å². The van der Waals surface area contributed by atoms with Crippen LogP contribution in [0.3, 0.4) is 0 Å². The molecule has 1 rings (SSSR count). The quantitative estimate of drug-likeness (QED) is 0.585. The van der Waals surface area contributed by atoms with Gasteiger partial charge in [-0.25, -0.2) is 0 Å². The normalized spacial score (nSPS) is 23.2. The van der Waals surface area contributed by atoms with Crippen LogP contribution in [0.15, 0.2) is 12.7 Å². The molecule has 15 heavy (non-hydrogen) atoms. The molecule has 3 nitrogen and oxygen atoms in total. The molecule has 0 aliphatic carbocycles. The Hall–Kier alpha value is -0.900. The summed E-state index contributed by atoms with van der Waals surface area (Å²) in [4.78, 5) is 13.6. The van der Waals surface area contributed by atoms with Gasteiger partial charge in [0.2, 0.25) is 0 Å². The molecule has 1 N–H and O–H groups in total. The number of thiocarbonyl (C=S) groups is 1. The highest BCUT2D eigenvalue weighted by atomic mass is 32.1. The second-order valence-electron chi connectivity index (χ2n) is 4.32. The van der Waals surface area contributed by atoms with E-state index in [-0.39, 0.29) is 18.0 Å². The lowest BCUT2D eigenvalue weighted by atomic mass is 10.0. The molecule has 0 aromatic carbocycles. The van der Waals surface area contributed by atoms with Gasteiger partial charge in [0.1, 0.15) is 6.04 Å². The molecule has 1 amide bonds. The molecule has 1 aliphatic heterocycles. The molecule has 2 unspecified atom stereocenters. The van der Waals surface area contributed by atoms with Crippen LogP contribution in [0.2, 0.25) is 0 Å². The minimum absolute atomic E-state index is 0.0327. The summed E-state index contributed by atoms with van der Waals surface area (Å²) in [7, 11) is 0. The average Bonchev–Trinajstić information content (AvgIpc) is 2.40. The largest absolute Gasteiger partial charge is 0.350 e. The van der Waals surface area contributed by atoms with E-state index in [2.05, 4.69) is 25.7 Å². The van der Waals surface area contributed by atoms with Gasteiger partial charge < -0.3 is 5.32 Å². The summed E-state index contributed by atoms with van der Waals surface area (Å²) in [6.07, 6.45) is 2.54. The first kappa shape index (κ1) is 12.2. The Kier molecular flexibility index (Phi) is 3.85. The lowest BCUT2D eigenvalue weighted by Gasteiger charge is -2.19. The third-order valence-electron chi connectivity index (χ3n) is 2.51. The second-order valence-corrected chi connectivity index (χ2v) is 4.70. The van der Waals surface area contributed by atoms with Crippen LogP contribution in [-0.4, -0.2) is 28.0 Å². The van der Waals surface area contributed by atoms with E-state index in [4.69, 9.17) is 12.2 Å². The van der Waals surface area contributed by atoms with Crippen molar-refractivity contribution in [2.24, 2.45) is 5.92 Å². The van der Waals surface area contributed by atoms with Crippen molar-refractivity contribution in [1.29, 1.82) is 0 Å². The van der Waals surface area contributed by atoms with E-state index in [1.165, 1.54) is 0 Å². The Bertz CT molecular complexity index is 288. The third-order valence-corrected chi connectivity index (χ3v) is 2.82. The number of hydrogen-bond donors (Lipinski definition) is 1. The summed E-state index contributed by atoms with van der Waals surface area (Å²) in [5, 5.41) is 3.59. The Morgan fingerprint density at radius 3 is 2.67 bits per heavy atom. The number of nitrogens with one attached hydrogen (secondary N) is 1. The van der Waals surface area contributed by atoms with Crippen molar-refractivity contribution in [1.82, 2.24) is 10.2 Å². The smallest absolute Gasteiger partial charge is 0.251 e. The summed E-state index contributed by atoms with van der Waals surface area (Å²) in [5.74, 6) is 0.550. The van der Waals surface area contributed by atoms with E-state index in [0.29, 0.717) is 11.0 Å². The number of amides is 1. The van der Waals surface area contributed by atoms with E-state index in [1.807, 2.05) is 6.92 Å². The highest BCUT2D eigenvalue weighted by Crippen LogP contribution is 2.16. The van der Waals surface area contributed by atoms with Crippen LogP contribution in [0.5, 0.6) is 0 Å². The lowest BCUT2D eigenvalue weighted by molar-refractivity contribution is -0.128. The van der Waals surface area contributed by atoms with Gasteiger partial charge in [-0.15, -0.1) is 6.58 Å². The van der Waals surface area contributed by atoms with E-state index in [9.17, 15) is 4.79 Å². The van der Waals surface area contributed by atoms with Crippen molar-refractivity contribution in [3.8, 4) is 0 Å². The van der Waals surface area contributed by atoms with E-state index < -0.39 is 0 Å².